The molecule has 1 aliphatic heterocycles. The highest BCUT2D eigenvalue weighted by Crippen LogP contribution is 2.27. The summed E-state index contributed by atoms with van der Waals surface area (Å²) in [5.41, 5.74) is 0. The third-order valence-corrected chi connectivity index (χ3v) is 7.64. The zero-order valence-corrected chi connectivity index (χ0v) is 11.9. The van der Waals surface area contributed by atoms with Crippen molar-refractivity contribution in [2.45, 2.75) is 31.6 Å². The van der Waals surface area contributed by atoms with E-state index in [2.05, 4.69) is 0 Å². The van der Waals surface area contributed by atoms with Crippen molar-refractivity contribution in [2.75, 3.05) is 0 Å². The fourth-order valence-electron chi connectivity index (χ4n) is 2.23. The van der Waals surface area contributed by atoms with Crippen LogP contribution in [0.15, 0.2) is 39.3 Å². The summed E-state index contributed by atoms with van der Waals surface area (Å²) in [6, 6.07) is 7.46. The number of benzene rings is 1. The molecule has 0 fully saturated rings. The topological polar surface area (TPSA) is 34.1 Å². The van der Waals surface area contributed by atoms with E-state index in [1.807, 2.05) is 32.0 Å². The van der Waals surface area contributed by atoms with Crippen molar-refractivity contribution in [3.63, 3.8) is 0 Å². The molecule has 0 atom stereocenters. The summed E-state index contributed by atoms with van der Waals surface area (Å²) in [4.78, 5) is 1.26. The molecule has 0 amide bonds. The van der Waals surface area contributed by atoms with Gasteiger partial charge in [-0.15, -0.1) is 0 Å². The average Bonchev–Trinajstić information content (AvgIpc) is 2.24. The molecule has 0 aliphatic carbocycles. The summed E-state index contributed by atoms with van der Waals surface area (Å²) in [6.07, 6.45) is 1.58. The van der Waals surface area contributed by atoms with Gasteiger partial charge in [-0.25, -0.2) is 8.42 Å². The summed E-state index contributed by atoms with van der Waals surface area (Å²) in [5.74, 6) is 0. The van der Waals surface area contributed by atoms with E-state index in [9.17, 15) is 8.42 Å². The lowest BCUT2D eigenvalue weighted by molar-refractivity contribution is 0.599. The molecule has 2 rings (SSSR count). The van der Waals surface area contributed by atoms with Gasteiger partial charge in [0.2, 0.25) is 9.84 Å². The Morgan fingerprint density at radius 1 is 1.25 bits per heavy atom. The van der Waals surface area contributed by atoms with E-state index in [-0.39, 0.29) is 0 Å². The van der Waals surface area contributed by atoms with Gasteiger partial charge in [-0.05, 0) is 24.6 Å². The summed E-state index contributed by atoms with van der Waals surface area (Å²) < 4.78 is 24.7. The fourth-order valence-corrected chi connectivity index (χ4v) is 7.17. The minimum Gasteiger partial charge on any atom is -0.219 e. The standard InChI is InChI=1S/C12H16O2SSi/c1-3-6-10-9(2)16-12-8-5-4-7-11(12)15(10,13)14/h4-5,7-8H,3,6,16H2,1-2H3. The van der Waals surface area contributed by atoms with Gasteiger partial charge in [0.15, 0.2) is 0 Å². The van der Waals surface area contributed by atoms with E-state index in [0.717, 1.165) is 16.8 Å². The normalized spacial score (nSPS) is 19.9. The Morgan fingerprint density at radius 3 is 2.62 bits per heavy atom. The first-order chi connectivity index (χ1) is 7.57. The molecule has 0 N–H and O–H groups in total. The Balaban J connectivity index is 2.62. The molecule has 1 aliphatic rings. The van der Waals surface area contributed by atoms with Crippen LogP contribution >= 0.6 is 0 Å². The smallest absolute Gasteiger partial charge is 0.202 e. The summed E-state index contributed by atoms with van der Waals surface area (Å²) in [6.45, 7) is 4.02. The summed E-state index contributed by atoms with van der Waals surface area (Å²) in [7, 11) is -3.73. The van der Waals surface area contributed by atoms with E-state index >= 15 is 0 Å². The molecule has 1 heterocycles. The molecule has 16 heavy (non-hydrogen) atoms. The zero-order valence-electron chi connectivity index (χ0n) is 9.66. The van der Waals surface area contributed by atoms with E-state index in [0.29, 0.717) is 16.2 Å². The van der Waals surface area contributed by atoms with Crippen LogP contribution in [0.3, 0.4) is 0 Å². The van der Waals surface area contributed by atoms with Crippen LogP contribution in [-0.4, -0.2) is 17.9 Å². The largest absolute Gasteiger partial charge is 0.219 e. The van der Waals surface area contributed by atoms with Crippen LogP contribution in [0.5, 0.6) is 0 Å². The molecule has 86 valence electrons. The Morgan fingerprint density at radius 2 is 1.94 bits per heavy atom. The molecule has 1 aromatic rings. The monoisotopic (exact) mass is 252 g/mol. The Labute approximate surface area is 99.1 Å². The first-order valence-corrected chi connectivity index (χ1v) is 8.48. The highest BCUT2D eigenvalue weighted by molar-refractivity contribution is 7.95. The van der Waals surface area contributed by atoms with Gasteiger partial charge in [-0.1, -0.05) is 36.7 Å². The second kappa shape index (κ2) is 4.18. The van der Waals surface area contributed by atoms with Crippen LogP contribution in [0, 0.1) is 0 Å². The number of sulfone groups is 1. The van der Waals surface area contributed by atoms with Crippen LogP contribution in [0.1, 0.15) is 26.7 Å². The second-order valence-corrected chi connectivity index (χ2v) is 8.36. The molecule has 2 nitrogen and oxygen atoms in total. The van der Waals surface area contributed by atoms with Gasteiger partial charge in [0.25, 0.3) is 0 Å². The van der Waals surface area contributed by atoms with Crippen LogP contribution in [-0.2, 0) is 9.84 Å². The van der Waals surface area contributed by atoms with Gasteiger partial charge >= 0.3 is 0 Å². The van der Waals surface area contributed by atoms with Crippen molar-refractivity contribution in [1.82, 2.24) is 0 Å². The van der Waals surface area contributed by atoms with Gasteiger partial charge in [0.05, 0.1) is 14.4 Å². The molecule has 0 aromatic heterocycles. The zero-order chi connectivity index (χ0) is 11.8. The molecule has 0 saturated heterocycles. The van der Waals surface area contributed by atoms with E-state index in [1.54, 1.807) is 6.07 Å². The van der Waals surface area contributed by atoms with Gasteiger partial charge < -0.3 is 0 Å². The Hall–Kier alpha value is -0.873. The maximum atomic E-state index is 12.4. The summed E-state index contributed by atoms with van der Waals surface area (Å²) >= 11 is 0. The van der Waals surface area contributed by atoms with E-state index < -0.39 is 19.4 Å². The number of hydrogen-bond donors (Lipinski definition) is 0. The molecule has 0 unspecified atom stereocenters. The molecular formula is C12H16O2SSi. The third-order valence-electron chi connectivity index (χ3n) is 3.00. The predicted molar refractivity (Wildman–Crippen MR) is 69.4 cm³/mol. The minimum atomic E-state index is -3.18. The fraction of sp³-hybridized carbons (Fsp3) is 0.333. The van der Waals surface area contributed by atoms with Crippen LogP contribution in [0.4, 0.5) is 0 Å². The van der Waals surface area contributed by atoms with E-state index in [1.165, 1.54) is 0 Å². The summed E-state index contributed by atoms with van der Waals surface area (Å²) in [5, 5.41) is 2.21. The van der Waals surface area contributed by atoms with Crippen molar-refractivity contribution in [3.8, 4) is 0 Å². The van der Waals surface area contributed by atoms with Gasteiger partial charge in [0, 0.05) is 4.91 Å². The molecule has 0 bridgehead atoms. The highest BCUT2D eigenvalue weighted by atomic mass is 32.2. The van der Waals surface area contributed by atoms with Crippen molar-refractivity contribution < 1.29 is 8.42 Å². The maximum Gasteiger partial charge on any atom is 0.202 e. The van der Waals surface area contributed by atoms with E-state index in [4.69, 9.17) is 0 Å². The van der Waals surface area contributed by atoms with Crippen LogP contribution < -0.4 is 5.19 Å². The maximum absolute atomic E-state index is 12.4. The van der Waals surface area contributed by atoms with Crippen molar-refractivity contribution in [1.29, 1.82) is 0 Å². The SMILES string of the molecule is CCCC1=C(C)[SiH2]c2ccccc2S1(=O)=O. The molecule has 1 aromatic carbocycles. The second-order valence-electron chi connectivity index (χ2n) is 4.24. The number of hydrogen-bond acceptors (Lipinski definition) is 2. The van der Waals surface area contributed by atoms with Crippen molar-refractivity contribution in [3.05, 3.63) is 34.4 Å². The van der Waals surface area contributed by atoms with Crippen LogP contribution in [0.25, 0.3) is 0 Å². The van der Waals surface area contributed by atoms with Crippen molar-refractivity contribution >= 4 is 24.5 Å². The van der Waals surface area contributed by atoms with Crippen molar-refractivity contribution in [2.24, 2.45) is 0 Å². The molecular weight excluding hydrogens is 236 g/mol. The molecule has 0 spiro atoms. The van der Waals surface area contributed by atoms with Crippen LogP contribution in [0.2, 0.25) is 0 Å². The van der Waals surface area contributed by atoms with Gasteiger partial charge in [-0.2, -0.15) is 0 Å². The quantitative estimate of drug-likeness (QED) is 0.744. The Kier molecular flexibility index (Phi) is 3.03. The number of fused-ring (bicyclic) bond motifs is 1. The molecule has 0 saturated carbocycles. The Bertz CT molecular complexity index is 544. The first kappa shape index (κ1) is 11.6. The number of rotatable bonds is 2. The average molecular weight is 252 g/mol. The number of allylic oxidation sites excluding steroid dienone is 2. The third kappa shape index (κ3) is 1.76. The predicted octanol–water partition coefficient (Wildman–Crippen LogP) is 1.30. The highest BCUT2D eigenvalue weighted by Gasteiger charge is 2.28. The molecule has 0 radical (unpaired) electrons. The minimum absolute atomic E-state index is 0.555. The molecule has 4 heteroatoms. The lowest BCUT2D eigenvalue weighted by Crippen LogP contribution is -2.30. The van der Waals surface area contributed by atoms with Gasteiger partial charge in [0.1, 0.15) is 0 Å². The lowest BCUT2D eigenvalue weighted by atomic mass is 10.3. The lowest BCUT2D eigenvalue weighted by Gasteiger charge is -2.20. The first-order valence-electron chi connectivity index (χ1n) is 5.59. The van der Waals surface area contributed by atoms with Gasteiger partial charge in [-0.3, -0.25) is 0 Å².